The average Bonchev–Trinajstić information content (AvgIpc) is 2.55. The van der Waals surface area contributed by atoms with E-state index in [2.05, 4.69) is 5.32 Å². The molecule has 0 spiro atoms. The second kappa shape index (κ2) is 8.47. The number of ether oxygens (including phenoxy) is 4. The van der Waals surface area contributed by atoms with E-state index >= 15 is 0 Å². The van der Waals surface area contributed by atoms with Gasteiger partial charge in [0, 0.05) is 0 Å². The van der Waals surface area contributed by atoms with Crippen LogP contribution in [0.5, 0.6) is 17.2 Å². The minimum Gasteiger partial charge on any atom is -0.493 e. The van der Waals surface area contributed by atoms with Crippen LogP contribution in [0.2, 0.25) is 0 Å². The van der Waals surface area contributed by atoms with Gasteiger partial charge in [-0.2, -0.15) is 0 Å². The summed E-state index contributed by atoms with van der Waals surface area (Å²) in [6.45, 7) is -0.903. The second-order valence-corrected chi connectivity index (χ2v) is 4.20. The summed E-state index contributed by atoms with van der Waals surface area (Å²) in [7, 11) is 4.19. The summed E-state index contributed by atoms with van der Waals surface area (Å²) >= 11 is 0. The molecule has 0 aliphatic heterocycles. The molecule has 0 unspecified atom stereocenters. The highest BCUT2D eigenvalue weighted by Crippen LogP contribution is 2.39. The van der Waals surface area contributed by atoms with Gasteiger partial charge in [0.2, 0.25) is 11.7 Å². The smallest absolute Gasteiger partial charge is 0.342 e. The third-order valence-electron chi connectivity index (χ3n) is 2.72. The van der Waals surface area contributed by atoms with Gasteiger partial charge in [-0.3, -0.25) is 9.59 Å². The molecule has 0 fully saturated rings. The minimum absolute atomic E-state index is 0.0628. The van der Waals surface area contributed by atoms with Crippen molar-refractivity contribution in [2.75, 3.05) is 34.5 Å². The van der Waals surface area contributed by atoms with E-state index < -0.39 is 24.4 Å². The first kappa shape index (κ1) is 18.1. The molecular formula is C14H18N2O7. The molecule has 0 heterocycles. The molecule has 126 valence electrons. The molecule has 1 rings (SSSR count). The van der Waals surface area contributed by atoms with Crippen LogP contribution < -0.4 is 25.3 Å². The van der Waals surface area contributed by atoms with Gasteiger partial charge in [0.15, 0.2) is 18.1 Å². The van der Waals surface area contributed by atoms with Crippen LogP contribution in [0.3, 0.4) is 0 Å². The molecule has 9 nitrogen and oxygen atoms in total. The maximum absolute atomic E-state index is 12.1. The van der Waals surface area contributed by atoms with Gasteiger partial charge >= 0.3 is 5.97 Å². The number of carbonyl (C=O) groups excluding carboxylic acids is 3. The fourth-order valence-corrected chi connectivity index (χ4v) is 1.71. The highest BCUT2D eigenvalue weighted by Gasteiger charge is 2.22. The molecule has 0 atom stereocenters. The molecule has 0 aliphatic carbocycles. The Labute approximate surface area is 132 Å². The van der Waals surface area contributed by atoms with E-state index in [0.717, 1.165) is 0 Å². The lowest BCUT2D eigenvalue weighted by molar-refractivity contribution is -0.127. The molecule has 0 aromatic heterocycles. The molecule has 0 aliphatic rings. The van der Waals surface area contributed by atoms with Crippen molar-refractivity contribution in [1.29, 1.82) is 0 Å². The van der Waals surface area contributed by atoms with Crippen LogP contribution in [-0.2, 0) is 14.3 Å². The van der Waals surface area contributed by atoms with Gasteiger partial charge in [-0.05, 0) is 12.1 Å². The van der Waals surface area contributed by atoms with E-state index in [1.54, 1.807) is 0 Å². The van der Waals surface area contributed by atoms with Gasteiger partial charge in [0.25, 0.3) is 5.91 Å². The van der Waals surface area contributed by atoms with Crippen molar-refractivity contribution in [2.24, 2.45) is 5.73 Å². The Kier molecular flexibility index (Phi) is 6.66. The van der Waals surface area contributed by atoms with E-state index in [-0.39, 0.29) is 23.6 Å². The SMILES string of the molecule is COc1ccc(C(=O)OCC(=O)NCC(N)=O)c(OC)c1OC. The number of primary amides is 1. The predicted molar refractivity (Wildman–Crippen MR) is 78.6 cm³/mol. The highest BCUT2D eigenvalue weighted by atomic mass is 16.5. The molecule has 23 heavy (non-hydrogen) atoms. The number of esters is 1. The quantitative estimate of drug-likeness (QED) is 0.615. The van der Waals surface area contributed by atoms with Crippen LogP contribution >= 0.6 is 0 Å². The Morgan fingerprint density at radius 2 is 1.70 bits per heavy atom. The summed E-state index contributed by atoms with van der Waals surface area (Å²) < 4.78 is 20.3. The van der Waals surface area contributed by atoms with Gasteiger partial charge in [-0.15, -0.1) is 0 Å². The van der Waals surface area contributed by atoms with Gasteiger partial charge in [0.05, 0.1) is 27.9 Å². The van der Waals surface area contributed by atoms with E-state index in [9.17, 15) is 14.4 Å². The predicted octanol–water partition coefficient (Wildman–Crippen LogP) is -0.529. The number of hydrogen-bond acceptors (Lipinski definition) is 7. The Hall–Kier alpha value is -2.97. The van der Waals surface area contributed by atoms with Crippen LogP contribution in [0.25, 0.3) is 0 Å². The molecule has 1 aromatic carbocycles. The number of nitrogens with two attached hydrogens (primary N) is 1. The van der Waals surface area contributed by atoms with E-state index in [4.69, 9.17) is 24.7 Å². The van der Waals surface area contributed by atoms with Crippen molar-refractivity contribution >= 4 is 17.8 Å². The number of benzene rings is 1. The van der Waals surface area contributed by atoms with E-state index in [0.29, 0.717) is 5.75 Å². The molecule has 0 radical (unpaired) electrons. The highest BCUT2D eigenvalue weighted by molar-refractivity contribution is 5.95. The number of methoxy groups -OCH3 is 3. The molecule has 3 N–H and O–H groups in total. The lowest BCUT2D eigenvalue weighted by atomic mass is 10.1. The topological polar surface area (TPSA) is 126 Å². The average molecular weight is 326 g/mol. The maximum atomic E-state index is 12.1. The van der Waals surface area contributed by atoms with Crippen molar-refractivity contribution in [3.05, 3.63) is 17.7 Å². The normalized spacial score (nSPS) is 9.70. The minimum atomic E-state index is -0.794. The number of hydrogen-bond donors (Lipinski definition) is 2. The number of carbonyl (C=O) groups is 3. The first-order chi connectivity index (χ1) is 10.9. The molecule has 1 aromatic rings. The summed E-state index contributed by atoms with van der Waals surface area (Å²) in [5.41, 5.74) is 4.94. The maximum Gasteiger partial charge on any atom is 0.342 e. The van der Waals surface area contributed by atoms with E-state index in [1.807, 2.05) is 0 Å². The third kappa shape index (κ3) is 4.77. The van der Waals surface area contributed by atoms with Crippen molar-refractivity contribution in [1.82, 2.24) is 5.32 Å². The van der Waals surface area contributed by atoms with Crippen molar-refractivity contribution < 1.29 is 33.3 Å². The van der Waals surface area contributed by atoms with Gasteiger partial charge in [-0.1, -0.05) is 0 Å². The molecular weight excluding hydrogens is 308 g/mol. The van der Waals surface area contributed by atoms with Crippen molar-refractivity contribution in [2.45, 2.75) is 0 Å². The lowest BCUT2D eigenvalue weighted by Crippen LogP contribution is -2.36. The van der Waals surface area contributed by atoms with Crippen molar-refractivity contribution in [3.8, 4) is 17.2 Å². The van der Waals surface area contributed by atoms with Crippen LogP contribution in [0, 0.1) is 0 Å². The largest absolute Gasteiger partial charge is 0.493 e. The van der Waals surface area contributed by atoms with E-state index in [1.165, 1.54) is 33.5 Å². The fraction of sp³-hybridized carbons (Fsp3) is 0.357. The van der Waals surface area contributed by atoms with Gasteiger partial charge in [-0.25, -0.2) is 4.79 Å². The Morgan fingerprint density at radius 1 is 1.04 bits per heavy atom. The fourth-order valence-electron chi connectivity index (χ4n) is 1.71. The lowest BCUT2D eigenvalue weighted by Gasteiger charge is -2.15. The van der Waals surface area contributed by atoms with Crippen LogP contribution in [0.15, 0.2) is 12.1 Å². The first-order valence-electron chi connectivity index (χ1n) is 6.45. The second-order valence-electron chi connectivity index (χ2n) is 4.20. The Bertz CT molecular complexity index is 601. The molecule has 0 saturated heterocycles. The van der Waals surface area contributed by atoms with Crippen LogP contribution in [0.1, 0.15) is 10.4 Å². The van der Waals surface area contributed by atoms with Gasteiger partial charge in [0.1, 0.15) is 5.56 Å². The van der Waals surface area contributed by atoms with Crippen LogP contribution in [-0.4, -0.2) is 52.3 Å². The zero-order valence-electron chi connectivity index (χ0n) is 13.0. The Morgan fingerprint density at radius 3 is 2.22 bits per heavy atom. The summed E-state index contributed by atoms with van der Waals surface area (Å²) in [5.74, 6) is -1.43. The molecule has 0 bridgehead atoms. The van der Waals surface area contributed by atoms with Crippen molar-refractivity contribution in [3.63, 3.8) is 0 Å². The standard InChI is InChI=1S/C14H18N2O7/c1-20-9-5-4-8(12(21-2)13(9)22-3)14(19)23-7-11(18)16-6-10(15)17/h4-5H,6-7H2,1-3H3,(H2,15,17)(H,16,18). The molecule has 9 heteroatoms. The molecule has 0 saturated carbocycles. The zero-order valence-corrected chi connectivity index (χ0v) is 13.0. The third-order valence-corrected chi connectivity index (χ3v) is 2.72. The summed E-state index contributed by atoms with van der Waals surface area (Å²) in [6.07, 6.45) is 0. The van der Waals surface area contributed by atoms with Gasteiger partial charge < -0.3 is 30.0 Å². The van der Waals surface area contributed by atoms with Crippen LogP contribution in [0.4, 0.5) is 0 Å². The zero-order chi connectivity index (χ0) is 17.4. The summed E-state index contributed by atoms with van der Waals surface area (Å²) in [6, 6.07) is 2.93. The summed E-state index contributed by atoms with van der Waals surface area (Å²) in [4.78, 5) is 34.0. The Balaban J connectivity index is 2.84. The number of nitrogens with one attached hydrogen (secondary N) is 1. The number of amides is 2. The number of rotatable bonds is 8. The molecule has 2 amide bonds. The monoisotopic (exact) mass is 326 g/mol. The first-order valence-corrected chi connectivity index (χ1v) is 6.45. The summed E-state index contributed by atoms with van der Waals surface area (Å²) in [5, 5.41) is 2.19.